The average molecular weight is 206 g/mol. The Morgan fingerprint density at radius 1 is 1.77 bits per heavy atom. The fraction of sp³-hybridized carbons (Fsp3) is 0.750. The second-order valence-corrected chi connectivity index (χ2v) is 4.79. The maximum Gasteiger partial charge on any atom is 0.264 e. The fourth-order valence-corrected chi connectivity index (χ4v) is 1.50. The van der Waals surface area contributed by atoms with Crippen LogP contribution in [0.3, 0.4) is 0 Å². The third-order valence-electron chi connectivity index (χ3n) is 1.85. The van der Waals surface area contributed by atoms with Crippen LogP contribution in [-0.2, 0) is 19.0 Å². The van der Waals surface area contributed by atoms with Crippen LogP contribution in [0.1, 0.15) is 6.42 Å². The van der Waals surface area contributed by atoms with E-state index in [1.165, 1.54) is 0 Å². The molecule has 5 heteroatoms. The van der Waals surface area contributed by atoms with Gasteiger partial charge in [-0.2, -0.15) is 8.42 Å². The quantitative estimate of drug-likeness (QED) is 0.362. The lowest BCUT2D eigenvalue weighted by molar-refractivity contribution is 0.218. The van der Waals surface area contributed by atoms with Crippen LogP contribution in [0.4, 0.5) is 0 Å². The topological polar surface area (TPSA) is 55.9 Å². The van der Waals surface area contributed by atoms with Gasteiger partial charge >= 0.3 is 0 Å². The molecule has 76 valence electrons. The summed E-state index contributed by atoms with van der Waals surface area (Å²) in [7, 11) is -3.33. The van der Waals surface area contributed by atoms with E-state index in [1.807, 2.05) is 0 Å². The first-order valence-corrected chi connectivity index (χ1v) is 5.91. The Balaban J connectivity index is 2.34. The Morgan fingerprint density at radius 3 is 2.77 bits per heavy atom. The summed E-state index contributed by atoms with van der Waals surface area (Å²) < 4.78 is 31.1. The molecule has 1 saturated heterocycles. The average Bonchev–Trinajstić information content (AvgIpc) is 2.78. The molecule has 0 amide bonds. The normalized spacial score (nSPS) is 23.9. The zero-order valence-electron chi connectivity index (χ0n) is 7.60. The molecule has 1 rings (SSSR count). The van der Waals surface area contributed by atoms with E-state index in [9.17, 15) is 8.42 Å². The Hall–Kier alpha value is -0.390. The van der Waals surface area contributed by atoms with Crippen LogP contribution in [0.5, 0.6) is 0 Å². The molecular formula is C8H14O4S. The number of allylic oxidation sites excluding steroid dienone is 1. The lowest BCUT2D eigenvalue weighted by atomic mass is 10.0. The zero-order valence-corrected chi connectivity index (χ0v) is 8.42. The number of rotatable bonds is 6. The fourth-order valence-electron chi connectivity index (χ4n) is 1.08. The molecule has 13 heavy (non-hydrogen) atoms. The molecule has 0 aliphatic carbocycles. The Labute approximate surface area is 78.7 Å². The number of epoxide rings is 1. The minimum absolute atomic E-state index is 0.118. The molecule has 1 aliphatic rings. The molecule has 0 unspecified atom stereocenters. The predicted octanol–water partition coefficient (Wildman–Crippen LogP) is 0.554. The van der Waals surface area contributed by atoms with Gasteiger partial charge in [0.15, 0.2) is 0 Å². The molecular weight excluding hydrogens is 192 g/mol. The van der Waals surface area contributed by atoms with E-state index in [1.54, 1.807) is 6.08 Å². The molecule has 0 saturated carbocycles. The van der Waals surface area contributed by atoms with E-state index in [0.717, 1.165) is 12.7 Å². The molecule has 1 fully saturated rings. The van der Waals surface area contributed by atoms with E-state index in [4.69, 9.17) is 4.74 Å². The number of ether oxygens (including phenoxy) is 1. The molecule has 0 aromatic rings. The summed E-state index contributed by atoms with van der Waals surface area (Å²) in [6, 6.07) is 0. The van der Waals surface area contributed by atoms with Gasteiger partial charge in [0.05, 0.1) is 25.6 Å². The molecule has 1 heterocycles. The van der Waals surface area contributed by atoms with Gasteiger partial charge in [0, 0.05) is 5.92 Å². The van der Waals surface area contributed by atoms with Crippen LogP contribution in [-0.4, -0.2) is 34.0 Å². The molecule has 0 bridgehead atoms. The molecule has 0 aromatic carbocycles. The van der Waals surface area contributed by atoms with Gasteiger partial charge < -0.3 is 4.74 Å². The Kier molecular flexibility index (Phi) is 3.47. The van der Waals surface area contributed by atoms with Crippen molar-refractivity contribution in [3.05, 3.63) is 12.7 Å². The largest absolute Gasteiger partial charge is 0.373 e. The standard InChI is InChI=1S/C8H14O4S/c1-3-4-7(8-6-11-8)5-12-13(2,9)10/h3,7-8H,1,4-6H2,2H3/t7-,8+/m1/s1. The van der Waals surface area contributed by atoms with Crippen LogP contribution < -0.4 is 0 Å². The zero-order chi connectivity index (χ0) is 9.90. The van der Waals surface area contributed by atoms with E-state index in [0.29, 0.717) is 6.61 Å². The predicted molar refractivity (Wildman–Crippen MR) is 48.8 cm³/mol. The number of hydrogen-bond acceptors (Lipinski definition) is 4. The SMILES string of the molecule is C=CC[C@H](COS(C)(=O)=O)[C@@H]1CO1. The van der Waals surface area contributed by atoms with Crippen molar-refractivity contribution in [3.63, 3.8) is 0 Å². The molecule has 0 spiro atoms. The van der Waals surface area contributed by atoms with E-state index >= 15 is 0 Å². The molecule has 0 aromatic heterocycles. The Bertz CT molecular complexity index is 266. The highest BCUT2D eigenvalue weighted by Crippen LogP contribution is 2.24. The van der Waals surface area contributed by atoms with Crippen LogP contribution in [0, 0.1) is 5.92 Å². The summed E-state index contributed by atoms with van der Waals surface area (Å²) in [5.41, 5.74) is 0. The van der Waals surface area contributed by atoms with E-state index in [2.05, 4.69) is 10.8 Å². The maximum absolute atomic E-state index is 10.7. The van der Waals surface area contributed by atoms with Crippen molar-refractivity contribution in [2.75, 3.05) is 19.5 Å². The summed E-state index contributed by atoms with van der Waals surface area (Å²) in [6.45, 7) is 4.48. The molecule has 0 radical (unpaired) electrons. The van der Waals surface area contributed by atoms with Gasteiger partial charge in [-0.15, -0.1) is 6.58 Å². The van der Waals surface area contributed by atoms with E-state index in [-0.39, 0.29) is 18.6 Å². The first kappa shape index (κ1) is 10.7. The molecule has 0 N–H and O–H groups in total. The van der Waals surface area contributed by atoms with Crippen molar-refractivity contribution in [2.45, 2.75) is 12.5 Å². The highest BCUT2D eigenvalue weighted by atomic mass is 32.2. The van der Waals surface area contributed by atoms with Crippen molar-refractivity contribution >= 4 is 10.1 Å². The van der Waals surface area contributed by atoms with E-state index < -0.39 is 10.1 Å². The van der Waals surface area contributed by atoms with Crippen molar-refractivity contribution in [3.8, 4) is 0 Å². The van der Waals surface area contributed by atoms with Gasteiger partial charge in [0.1, 0.15) is 0 Å². The summed E-state index contributed by atoms with van der Waals surface area (Å²) in [6.07, 6.45) is 3.67. The molecule has 4 nitrogen and oxygen atoms in total. The first-order chi connectivity index (χ1) is 6.03. The number of hydrogen-bond donors (Lipinski definition) is 0. The van der Waals surface area contributed by atoms with Crippen molar-refractivity contribution in [2.24, 2.45) is 5.92 Å². The minimum atomic E-state index is -3.33. The first-order valence-electron chi connectivity index (χ1n) is 4.10. The monoisotopic (exact) mass is 206 g/mol. The summed E-state index contributed by atoms with van der Waals surface area (Å²) >= 11 is 0. The second-order valence-electron chi connectivity index (χ2n) is 3.14. The van der Waals surface area contributed by atoms with Gasteiger partial charge in [-0.3, -0.25) is 4.18 Å². The lowest BCUT2D eigenvalue weighted by Gasteiger charge is -2.10. The smallest absolute Gasteiger partial charge is 0.264 e. The van der Waals surface area contributed by atoms with Crippen LogP contribution in [0.2, 0.25) is 0 Å². The van der Waals surface area contributed by atoms with Crippen molar-refractivity contribution in [1.29, 1.82) is 0 Å². The van der Waals surface area contributed by atoms with Gasteiger partial charge in [0.2, 0.25) is 0 Å². The van der Waals surface area contributed by atoms with Gasteiger partial charge in [0.25, 0.3) is 10.1 Å². The second kappa shape index (κ2) is 4.21. The van der Waals surface area contributed by atoms with Crippen LogP contribution in [0.15, 0.2) is 12.7 Å². The third-order valence-corrected chi connectivity index (χ3v) is 2.41. The molecule has 1 aliphatic heterocycles. The van der Waals surface area contributed by atoms with Crippen molar-refractivity contribution in [1.82, 2.24) is 0 Å². The van der Waals surface area contributed by atoms with Crippen LogP contribution in [0.25, 0.3) is 0 Å². The van der Waals surface area contributed by atoms with Crippen LogP contribution >= 0.6 is 0 Å². The lowest BCUT2D eigenvalue weighted by Crippen LogP contribution is -2.17. The van der Waals surface area contributed by atoms with Gasteiger partial charge in [-0.1, -0.05) is 6.08 Å². The maximum atomic E-state index is 10.7. The van der Waals surface area contributed by atoms with Crippen molar-refractivity contribution < 1.29 is 17.3 Å². The van der Waals surface area contributed by atoms with Gasteiger partial charge in [-0.05, 0) is 6.42 Å². The highest BCUT2D eigenvalue weighted by molar-refractivity contribution is 7.85. The molecule has 2 atom stereocenters. The summed E-state index contributed by atoms with van der Waals surface area (Å²) in [5.74, 6) is 0.118. The Morgan fingerprint density at radius 2 is 2.38 bits per heavy atom. The van der Waals surface area contributed by atoms with Gasteiger partial charge in [-0.25, -0.2) is 0 Å². The highest BCUT2D eigenvalue weighted by Gasteiger charge is 2.32. The summed E-state index contributed by atoms with van der Waals surface area (Å²) in [4.78, 5) is 0. The minimum Gasteiger partial charge on any atom is -0.373 e. The summed E-state index contributed by atoms with van der Waals surface area (Å²) in [5, 5.41) is 0. The third kappa shape index (κ3) is 4.40.